The molecule has 1 aliphatic rings. The second-order valence-electron chi connectivity index (χ2n) is 7.98. The maximum atomic E-state index is 12.7. The third-order valence-electron chi connectivity index (χ3n) is 6.04. The number of nitrogens with zero attached hydrogens (tertiary/aromatic N) is 2. The number of aromatic nitrogens is 1. The zero-order chi connectivity index (χ0) is 24.2. The number of hydrogen-bond acceptors (Lipinski definition) is 6. The molecular formula is C25H25N3O6. The van der Waals surface area contributed by atoms with Gasteiger partial charge in [-0.25, -0.2) is 14.6 Å². The van der Waals surface area contributed by atoms with Gasteiger partial charge in [-0.15, -0.1) is 0 Å². The second kappa shape index (κ2) is 9.78. The molecule has 0 bridgehead atoms. The number of ether oxygens (including phenoxy) is 1. The number of nitrogens with one attached hydrogen (secondary N) is 1. The first kappa shape index (κ1) is 23.0. The van der Waals surface area contributed by atoms with Gasteiger partial charge in [-0.05, 0) is 28.7 Å². The molecule has 9 heteroatoms. The van der Waals surface area contributed by atoms with Crippen LogP contribution in [0, 0.1) is 0 Å². The lowest BCUT2D eigenvalue weighted by atomic mass is 9.98. The van der Waals surface area contributed by atoms with Gasteiger partial charge in [0.2, 0.25) is 0 Å². The lowest BCUT2D eigenvalue weighted by Crippen LogP contribution is -2.42. The van der Waals surface area contributed by atoms with Crippen LogP contribution < -0.4 is 5.32 Å². The Bertz CT molecular complexity index is 1180. The van der Waals surface area contributed by atoms with Crippen LogP contribution in [0.25, 0.3) is 11.1 Å². The van der Waals surface area contributed by atoms with Crippen LogP contribution in [0.1, 0.15) is 46.6 Å². The minimum Gasteiger partial charge on any atom is -0.480 e. The van der Waals surface area contributed by atoms with Gasteiger partial charge in [0.1, 0.15) is 12.6 Å². The van der Waals surface area contributed by atoms with Gasteiger partial charge >= 0.3 is 12.1 Å². The molecule has 0 spiro atoms. The molecule has 0 aliphatic heterocycles. The van der Waals surface area contributed by atoms with Gasteiger partial charge in [0.15, 0.2) is 17.8 Å². The van der Waals surface area contributed by atoms with Crippen LogP contribution in [0.3, 0.4) is 0 Å². The minimum atomic E-state index is -1.11. The van der Waals surface area contributed by atoms with Crippen molar-refractivity contribution in [2.75, 3.05) is 13.7 Å². The number of likely N-dealkylation sites (N-methyl/N-ethyl adjacent to an activating group) is 1. The van der Waals surface area contributed by atoms with Gasteiger partial charge in [-0.2, -0.15) is 0 Å². The van der Waals surface area contributed by atoms with E-state index < -0.39 is 24.0 Å². The second-order valence-corrected chi connectivity index (χ2v) is 7.98. The average molecular weight is 463 g/mol. The molecule has 0 radical (unpaired) electrons. The van der Waals surface area contributed by atoms with Crippen LogP contribution in [-0.4, -0.2) is 52.7 Å². The van der Waals surface area contributed by atoms with Gasteiger partial charge in [-0.3, -0.25) is 4.79 Å². The largest absolute Gasteiger partial charge is 0.480 e. The van der Waals surface area contributed by atoms with E-state index in [9.17, 15) is 19.5 Å². The molecule has 1 heterocycles. The Labute approximate surface area is 196 Å². The average Bonchev–Trinajstić information content (AvgIpc) is 3.44. The van der Waals surface area contributed by atoms with Crippen LogP contribution in [0.2, 0.25) is 0 Å². The molecule has 34 heavy (non-hydrogen) atoms. The van der Waals surface area contributed by atoms with Gasteiger partial charge in [0.05, 0.1) is 6.54 Å². The standard InChI is InChI=1S/C25H25N3O6/c1-3-20(24(30)31)28(2)23(29)22-21(34-14-27-22)12-26-25(32)33-13-19-17-10-6-4-8-15(17)16-9-5-7-11-18(16)19/h4-11,14,19-20H,3,12-13H2,1-2H3,(H,26,32)(H,30,31). The number of hydrogen-bond donors (Lipinski definition) is 2. The third kappa shape index (κ3) is 4.36. The van der Waals surface area contributed by atoms with Crippen molar-refractivity contribution in [2.45, 2.75) is 31.8 Å². The van der Waals surface area contributed by atoms with Crippen molar-refractivity contribution >= 4 is 18.0 Å². The highest BCUT2D eigenvalue weighted by Crippen LogP contribution is 2.44. The number of amides is 2. The first-order valence-corrected chi connectivity index (χ1v) is 10.9. The molecule has 1 aromatic heterocycles. The number of carboxylic acids is 1. The van der Waals surface area contributed by atoms with E-state index in [1.165, 1.54) is 7.05 Å². The summed E-state index contributed by atoms with van der Waals surface area (Å²) in [6.07, 6.45) is 0.655. The maximum absolute atomic E-state index is 12.7. The van der Waals surface area contributed by atoms with E-state index in [4.69, 9.17) is 9.15 Å². The highest BCUT2D eigenvalue weighted by molar-refractivity contribution is 5.95. The van der Waals surface area contributed by atoms with Gasteiger partial charge in [-0.1, -0.05) is 55.5 Å². The number of carbonyl (C=O) groups excluding carboxylic acids is 2. The predicted octanol–water partition coefficient (Wildman–Crippen LogP) is 3.65. The molecule has 1 unspecified atom stereocenters. The zero-order valence-electron chi connectivity index (χ0n) is 18.9. The summed E-state index contributed by atoms with van der Waals surface area (Å²) < 4.78 is 10.7. The van der Waals surface area contributed by atoms with E-state index in [2.05, 4.69) is 22.4 Å². The SMILES string of the molecule is CCC(C(=O)O)N(C)C(=O)c1ncoc1CNC(=O)OCC1c2ccccc2-c2ccccc21. The number of aliphatic carboxylic acids is 1. The molecule has 0 fully saturated rings. The van der Waals surface area contributed by atoms with Crippen molar-refractivity contribution in [3.05, 3.63) is 77.5 Å². The van der Waals surface area contributed by atoms with Crippen LogP contribution in [0.4, 0.5) is 4.79 Å². The highest BCUT2D eigenvalue weighted by Gasteiger charge is 2.30. The van der Waals surface area contributed by atoms with Gasteiger partial charge < -0.3 is 24.5 Å². The molecular weight excluding hydrogens is 438 g/mol. The Hall–Kier alpha value is -4.14. The van der Waals surface area contributed by atoms with E-state index in [0.717, 1.165) is 33.5 Å². The predicted molar refractivity (Wildman–Crippen MR) is 122 cm³/mol. The monoisotopic (exact) mass is 463 g/mol. The lowest BCUT2D eigenvalue weighted by Gasteiger charge is -2.23. The van der Waals surface area contributed by atoms with E-state index in [-0.39, 0.29) is 36.9 Å². The molecule has 1 aliphatic carbocycles. The number of oxazole rings is 1. The molecule has 0 saturated heterocycles. The molecule has 2 aromatic carbocycles. The summed E-state index contributed by atoms with van der Waals surface area (Å²) >= 11 is 0. The molecule has 176 valence electrons. The van der Waals surface area contributed by atoms with Crippen molar-refractivity contribution in [3.8, 4) is 11.1 Å². The van der Waals surface area contributed by atoms with E-state index >= 15 is 0 Å². The van der Waals surface area contributed by atoms with E-state index in [1.54, 1.807) is 6.92 Å². The number of rotatable bonds is 8. The summed E-state index contributed by atoms with van der Waals surface area (Å²) in [5.41, 5.74) is 4.42. The Morgan fingerprint density at radius 1 is 1.12 bits per heavy atom. The van der Waals surface area contributed by atoms with Gasteiger partial charge in [0, 0.05) is 13.0 Å². The van der Waals surface area contributed by atoms with E-state index in [0.29, 0.717) is 0 Å². The number of benzene rings is 2. The quantitative estimate of drug-likeness (QED) is 0.523. The van der Waals surface area contributed by atoms with E-state index in [1.807, 2.05) is 36.4 Å². The number of alkyl carbamates (subject to hydrolysis) is 1. The molecule has 3 aromatic rings. The van der Waals surface area contributed by atoms with Gasteiger partial charge in [0.25, 0.3) is 5.91 Å². The fourth-order valence-electron chi connectivity index (χ4n) is 4.29. The first-order chi connectivity index (χ1) is 16.4. The topological polar surface area (TPSA) is 122 Å². The maximum Gasteiger partial charge on any atom is 0.407 e. The molecule has 9 nitrogen and oxygen atoms in total. The highest BCUT2D eigenvalue weighted by atomic mass is 16.5. The lowest BCUT2D eigenvalue weighted by molar-refractivity contribution is -0.142. The smallest absolute Gasteiger partial charge is 0.407 e. The molecule has 2 amide bonds. The normalized spacial score (nSPS) is 13.0. The summed E-state index contributed by atoms with van der Waals surface area (Å²) in [6, 6.07) is 15.1. The minimum absolute atomic E-state index is 0.0545. The van der Waals surface area contributed by atoms with Crippen molar-refractivity contribution in [1.82, 2.24) is 15.2 Å². The first-order valence-electron chi connectivity index (χ1n) is 10.9. The molecule has 2 N–H and O–H groups in total. The van der Waals surface area contributed by atoms with Crippen molar-refractivity contribution in [3.63, 3.8) is 0 Å². The summed E-state index contributed by atoms with van der Waals surface area (Å²) in [6.45, 7) is 1.70. The number of carbonyl (C=O) groups is 3. The summed E-state index contributed by atoms with van der Waals surface area (Å²) in [7, 11) is 1.39. The van der Waals surface area contributed by atoms with Crippen LogP contribution in [-0.2, 0) is 16.1 Å². The summed E-state index contributed by atoms with van der Waals surface area (Å²) in [5, 5.41) is 11.9. The van der Waals surface area contributed by atoms with Crippen molar-refractivity contribution in [1.29, 1.82) is 0 Å². The third-order valence-corrected chi connectivity index (χ3v) is 6.04. The van der Waals surface area contributed by atoms with Crippen LogP contribution >= 0.6 is 0 Å². The Morgan fingerprint density at radius 2 is 1.74 bits per heavy atom. The van der Waals surface area contributed by atoms with Crippen molar-refractivity contribution < 1.29 is 28.6 Å². The number of fused-ring (bicyclic) bond motifs is 3. The Kier molecular flexibility index (Phi) is 6.62. The summed E-state index contributed by atoms with van der Waals surface area (Å²) in [4.78, 5) is 41.5. The van der Waals surface area contributed by atoms with Crippen LogP contribution in [0.15, 0.2) is 59.3 Å². The summed E-state index contributed by atoms with van der Waals surface area (Å²) in [5.74, 6) is -1.67. The molecule has 0 saturated carbocycles. The molecule has 1 atom stereocenters. The number of carboxylic acid groups (broad SMARTS) is 1. The Morgan fingerprint density at radius 3 is 2.32 bits per heavy atom. The Balaban J connectivity index is 1.38. The fraction of sp³-hybridized carbons (Fsp3) is 0.280. The molecule has 4 rings (SSSR count). The fourth-order valence-corrected chi connectivity index (χ4v) is 4.29. The zero-order valence-corrected chi connectivity index (χ0v) is 18.9. The van der Waals surface area contributed by atoms with Crippen LogP contribution in [0.5, 0.6) is 0 Å². The van der Waals surface area contributed by atoms with Crippen molar-refractivity contribution in [2.24, 2.45) is 0 Å².